The lowest BCUT2D eigenvalue weighted by atomic mass is 10.1. The smallest absolute Gasteiger partial charge is 0.280 e. The summed E-state index contributed by atoms with van der Waals surface area (Å²) in [6.45, 7) is 8.63. The number of carbonyl (C=O) groups is 1. The highest BCUT2D eigenvalue weighted by Gasteiger charge is 2.26. The lowest BCUT2D eigenvalue weighted by molar-refractivity contribution is -0.892. The van der Waals surface area contributed by atoms with Gasteiger partial charge in [0.1, 0.15) is 11.1 Å². The third-order valence-electron chi connectivity index (χ3n) is 6.08. The van der Waals surface area contributed by atoms with Crippen LogP contribution in [-0.4, -0.2) is 38.6 Å². The number of fused-ring (bicyclic) bond motifs is 1. The van der Waals surface area contributed by atoms with Crippen molar-refractivity contribution in [3.63, 3.8) is 0 Å². The highest BCUT2D eigenvalue weighted by atomic mass is 32.1. The quantitative estimate of drug-likeness (QED) is 0.833. The molecule has 1 aliphatic heterocycles. The first-order valence-electron chi connectivity index (χ1n) is 10.1. The fourth-order valence-electron chi connectivity index (χ4n) is 4.33. The fraction of sp³-hybridized carbons (Fsp3) is 0.455. The number of nitrogens with one attached hydrogen (secondary N) is 2. The molecule has 4 rings (SSSR count). The molecule has 1 aromatic heterocycles. The van der Waals surface area contributed by atoms with Gasteiger partial charge in [0.05, 0.1) is 31.7 Å². The van der Waals surface area contributed by atoms with E-state index in [4.69, 9.17) is 0 Å². The highest BCUT2D eigenvalue weighted by molar-refractivity contribution is 7.16. The fourth-order valence-corrected chi connectivity index (χ4v) is 5.58. The number of quaternary nitrogens is 1. The number of amides is 1. The van der Waals surface area contributed by atoms with E-state index in [-0.39, 0.29) is 5.91 Å². The van der Waals surface area contributed by atoms with Crippen molar-refractivity contribution in [2.24, 2.45) is 0 Å². The van der Waals surface area contributed by atoms with E-state index in [1.54, 1.807) is 11.3 Å². The molecule has 1 aliphatic carbocycles. The summed E-state index contributed by atoms with van der Waals surface area (Å²) in [6.07, 6.45) is 3.13. The molecule has 0 unspecified atom stereocenters. The number of nitriles is 1. The summed E-state index contributed by atoms with van der Waals surface area (Å²) >= 11 is 1.59. The van der Waals surface area contributed by atoms with Crippen molar-refractivity contribution in [2.75, 3.05) is 42.9 Å². The van der Waals surface area contributed by atoms with Crippen molar-refractivity contribution in [1.82, 2.24) is 0 Å². The molecular weight excluding hydrogens is 368 g/mol. The minimum atomic E-state index is 0.0200. The number of hydrogen-bond acceptors (Lipinski definition) is 4. The van der Waals surface area contributed by atoms with Gasteiger partial charge in [-0.3, -0.25) is 4.79 Å². The maximum Gasteiger partial charge on any atom is 0.280 e. The van der Waals surface area contributed by atoms with Gasteiger partial charge in [-0.2, -0.15) is 5.26 Å². The Hall–Kier alpha value is -2.36. The van der Waals surface area contributed by atoms with Crippen molar-refractivity contribution in [2.45, 2.75) is 33.1 Å². The number of hydrogen-bond donors (Lipinski definition) is 2. The van der Waals surface area contributed by atoms with Gasteiger partial charge >= 0.3 is 0 Å². The first-order chi connectivity index (χ1) is 13.6. The molecule has 0 radical (unpaired) electrons. The first kappa shape index (κ1) is 19.0. The Balaban J connectivity index is 1.33. The molecule has 6 heteroatoms. The molecular formula is C22H27N4OS+. The lowest BCUT2D eigenvalue weighted by Crippen LogP contribution is -3.15. The van der Waals surface area contributed by atoms with Crippen LogP contribution in [0.1, 0.15) is 33.6 Å². The molecule has 0 saturated carbocycles. The van der Waals surface area contributed by atoms with Crippen molar-refractivity contribution in [1.29, 1.82) is 5.26 Å². The molecule has 2 heterocycles. The van der Waals surface area contributed by atoms with E-state index in [9.17, 15) is 10.1 Å². The number of piperazine rings is 1. The van der Waals surface area contributed by atoms with Crippen LogP contribution in [0.25, 0.3) is 0 Å². The van der Waals surface area contributed by atoms with Gasteiger partial charge < -0.3 is 15.1 Å². The van der Waals surface area contributed by atoms with Crippen molar-refractivity contribution in [3.05, 3.63) is 45.3 Å². The summed E-state index contributed by atoms with van der Waals surface area (Å²) in [5.74, 6) is 0.0200. The summed E-state index contributed by atoms with van der Waals surface area (Å²) in [6, 6.07) is 8.77. The predicted octanol–water partition coefficient (Wildman–Crippen LogP) is 2.07. The molecule has 2 aliphatic rings. The standard InChI is InChI=1S/C22H26N4OS/c1-15-5-3-7-19(16(15)2)26-11-9-25(10-12-26)14-21(27)24-22-18(13-23)17-6-4-8-20(17)28-22/h3,5,7H,4,6,8-12,14H2,1-2H3,(H,24,27)/p+1. The molecule has 0 bridgehead atoms. The number of nitrogens with zero attached hydrogens (tertiary/aromatic N) is 2. The van der Waals surface area contributed by atoms with E-state index < -0.39 is 0 Å². The number of carbonyl (C=O) groups excluding carboxylic acids is 1. The number of aryl methyl sites for hydroxylation is 2. The second-order valence-electron chi connectivity index (χ2n) is 7.85. The monoisotopic (exact) mass is 395 g/mol. The maximum absolute atomic E-state index is 12.6. The van der Waals surface area contributed by atoms with Crippen molar-refractivity contribution in [3.8, 4) is 6.07 Å². The van der Waals surface area contributed by atoms with Crippen LogP contribution < -0.4 is 15.1 Å². The minimum Gasteiger partial charge on any atom is -0.360 e. The third kappa shape index (κ3) is 3.65. The van der Waals surface area contributed by atoms with Crippen molar-refractivity contribution < 1.29 is 9.69 Å². The Labute approximate surface area is 170 Å². The Morgan fingerprint density at radius 2 is 2.07 bits per heavy atom. The second kappa shape index (κ2) is 7.94. The van der Waals surface area contributed by atoms with Crippen LogP contribution in [0, 0.1) is 25.2 Å². The molecule has 28 heavy (non-hydrogen) atoms. The molecule has 2 N–H and O–H groups in total. The average Bonchev–Trinajstić information content (AvgIpc) is 3.25. The molecule has 0 atom stereocenters. The topological polar surface area (TPSA) is 60.6 Å². The molecule has 1 fully saturated rings. The van der Waals surface area contributed by atoms with E-state index in [2.05, 4.69) is 48.3 Å². The van der Waals surface area contributed by atoms with Gasteiger partial charge in [-0.05, 0) is 55.9 Å². The van der Waals surface area contributed by atoms with Gasteiger partial charge in [0.2, 0.25) is 0 Å². The molecule has 146 valence electrons. The largest absolute Gasteiger partial charge is 0.360 e. The van der Waals surface area contributed by atoms with Crippen LogP contribution in [0.15, 0.2) is 18.2 Å². The van der Waals surface area contributed by atoms with Crippen molar-refractivity contribution >= 4 is 27.9 Å². The Kier molecular flexibility index (Phi) is 5.38. The Morgan fingerprint density at radius 3 is 2.82 bits per heavy atom. The van der Waals surface area contributed by atoms with Gasteiger partial charge in [-0.15, -0.1) is 11.3 Å². The zero-order chi connectivity index (χ0) is 19.7. The number of benzene rings is 1. The zero-order valence-electron chi connectivity index (χ0n) is 16.6. The van der Waals surface area contributed by atoms with Gasteiger partial charge in [0.25, 0.3) is 5.91 Å². The highest BCUT2D eigenvalue weighted by Crippen LogP contribution is 2.38. The van der Waals surface area contributed by atoms with E-state index in [0.717, 1.165) is 56.0 Å². The van der Waals surface area contributed by atoms with Crippen LogP contribution in [0.3, 0.4) is 0 Å². The number of thiophene rings is 1. The van der Waals surface area contributed by atoms with Crippen LogP contribution in [0.5, 0.6) is 0 Å². The van der Waals surface area contributed by atoms with E-state index in [1.807, 2.05) is 0 Å². The summed E-state index contributed by atoms with van der Waals surface area (Å²) < 4.78 is 0. The van der Waals surface area contributed by atoms with Crippen LogP contribution in [0.4, 0.5) is 10.7 Å². The van der Waals surface area contributed by atoms with Gasteiger partial charge in [-0.1, -0.05) is 12.1 Å². The molecule has 1 amide bonds. The Bertz CT molecular complexity index is 935. The summed E-state index contributed by atoms with van der Waals surface area (Å²) in [5.41, 5.74) is 5.84. The molecule has 5 nitrogen and oxygen atoms in total. The molecule has 1 saturated heterocycles. The van der Waals surface area contributed by atoms with E-state index >= 15 is 0 Å². The SMILES string of the molecule is Cc1cccc(N2CC[NH+](CC(=O)Nc3sc4c(c3C#N)CCC4)CC2)c1C. The van der Waals surface area contributed by atoms with Gasteiger partial charge in [-0.25, -0.2) is 0 Å². The molecule has 1 aromatic carbocycles. The number of anilines is 2. The van der Waals surface area contributed by atoms with Crippen LogP contribution in [0.2, 0.25) is 0 Å². The predicted molar refractivity (Wildman–Crippen MR) is 113 cm³/mol. The second-order valence-corrected chi connectivity index (χ2v) is 8.96. The van der Waals surface area contributed by atoms with Crippen LogP contribution in [-0.2, 0) is 17.6 Å². The van der Waals surface area contributed by atoms with Gasteiger partial charge in [0, 0.05) is 10.6 Å². The normalized spacial score (nSPS) is 16.7. The zero-order valence-corrected chi connectivity index (χ0v) is 17.4. The Morgan fingerprint density at radius 1 is 1.29 bits per heavy atom. The first-order valence-corrected chi connectivity index (χ1v) is 10.9. The summed E-state index contributed by atoms with van der Waals surface area (Å²) in [5, 5.41) is 13.3. The maximum atomic E-state index is 12.6. The minimum absolute atomic E-state index is 0.0200. The molecule has 0 spiro atoms. The average molecular weight is 396 g/mol. The van der Waals surface area contributed by atoms with E-state index in [0.29, 0.717) is 12.1 Å². The third-order valence-corrected chi connectivity index (χ3v) is 7.29. The van der Waals surface area contributed by atoms with Crippen LogP contribution >= 0.6 is 11.3 Å². The summed E-state index contributed by atoms with van der Waals surface area (Å²) in [4.78, 5) is 17.6. The molecule has 2 aromatic rings. The lowest BCUT2D eigenvalue weighted by Gasteiger charge is -2.34. The van der Waals surface area contributed by atoms with Gasteiger partial charge in [0.15, 0.2) is 6.54 Å². The number of rotatable bonds is 4. The summed E-state index contributed by atoms with van der Waals surface area (Å²) in [7, 11) is 0. The van der Waals surface area contributed by atoms with E-state index in [1.165, 1.54) is 26.6 Å².